The average molecular weight is 215 g/mol. The zero-order chi connectivity index (χ0) is 12.0. The van der Waals surface area contributed by atoms with E-state index in [0.29, 0.717) is 18.1 Å². The molecule has 0 fully saturated rings. The van der Waals surface area contributed by atoms with Crippen molar-refractivity contribution in [1.29, 1.82) is 5.41 Å². The fraction of sp³-hybridized carbons (Fsp3) is 0.214. The molecule has 0 aliphatic rings. The molecule has 1 aromatic rings. The van der Waals surface area contributed by atoms with Crippen LogP contribution in [0.3, 0.4) is 0 Å². The van der Waals surface area contributed by atoms with Crippen LogP contribution in [0.1, 0.15) is 18.1 Å². The average Bonchev–Trinajstić information content (AvgIpc) is 2.29. The van der Waals surface area contributed by atoms with Crippen LogP contribution < -0.4 is 0 Å². The van der Waals surface area contributed by atoms with Crippen molar-refractivity contribution in [2.75, 3.05) is 6.61 Å². The number of hydrogen-bond donors (Lipinski definition) is 1. The highest BCUT2D eigenvalue weighted by molar-refractivity contribution is 6.09. The van der Waals surface area contributed by atoms with E-state index in [1.807, 2.05) is 38.1 Å². The van der Waals surface area contributed by atoms with Crippen molar-refractivity contribution in [3.05, 3.63) is 59.9 Å². The van der Waals surface area contributed by atoms with Gasteiger partial charge in [-0.3, -0.25) is 5.41 Å². The number of rotatable bonds is 5. The lowest BCUT2D eigenvalue weighted by molar-refractivity contribution is 0.249. The van der Waals surface area contributed by atoms with Gasteiger partial charge in [-0.25, -0.2) is 0 Å². The Morgan fingerprint density at radius 2 is 2.00 bits per heavy atom. The molecule has 1 N–H and O–H groups in total. The summed E-state index contributed by atoms with van der Waals surface area (Å²) in [5.41, 5.74) is 2.43. The molecular weight excluding hydrogens is 198 g/mol. The van der Waals surface area contributed by atoms with Gasteiger partial charge in [0.05, 0.1) is 6.61 Å². The quantitative estimate of drug-likeness (QED) is 0.455. The van der Waals surface area contributed by atoms with Crippen molar-refractivity contribution < 1.29 is 4.74 Å². The van der Waals surface area contributed by atoms with Gasteiger partial charge in [0, 0.05) is 5.56 Å². The molecule has 1 rings (SSSR count). The van der Waals surface area contributed by atoms with Gasteiger partial charge in [0.25, 0.3) is 0 Å². The van der Waals surface area contributed by atoms with Crippen LogP contribution in [0, 0.1) is 12.3 Å². The highest BCUT2D eigenvalue weighted by Crippen LogP contribution is 2.11. The summed E-state index contributed by atoms with van der Waals surface area (Å²) in [6.07, 6.45) is 3.35. The second-order valence-electron chi connectivity index (χ2n) is 3.44. The first-order valence-electron chi connectivity index (χ1n) is 5.30. The molecule has 84 valence electrons. The lowest BCUT2D eigenvalue weighted by atomic mass is 10.1. The van der Waals surface area contributed by atoms with Crippen molar-refractivity contribution in [1.82, 2.24) is 0 Å². The monoisotopic (exact) mass is 215 g/mol. The molecule has 0 spiro atoms. The lowest BCUT2D eigenvalue weighted by Gasteiger charge is -2.09. The molecule has 0 bridgehead atoms. The molecule has 0 aliphatic carbocycles. The van der Waals surface area contributed by atoms with Crippen LogP contribution in [-0.4, -0.2) is 12.3 Å². The number of aryl methyl sites for hydroxylation is 1. The van der Waals surface area contributed by atoms with E-state index in [-0.39, 0.29) is 0 Å². The molecule has 0 unspecified atom stereocenters. The van der Waals surface area contributed by atoms with Gasteiger partial charge in [0.1, 0.15) is 11.5 Å². The molecule has 0 saturated carbocycles. The summed E-state index contributed by atoms with van der Waals surface area (Å²) >= 11 is 0. The van der Waals surface area contributed by atoms with E-state index < -0.39 is 0 Å². The molecule has 0 heterocycles. The highest BCUT2D eigenvalue weighted by Gasteiger charge is 2.07. The summed E-state index contributed by atoms with van der Waals surface area (Å²) in [6, 6.07) is 7.82. The Bertz CT molecular complexity index is 401. The molecule has 0 atom stereocenters. The molecule has 0 aromatic heterocycles. The van der Waals surface area contributed by atoms with Crippen LogP contribution in [0.15, 0.2) is 48.8 Å². The minimum atomic E-state index is 0.391. The second-order valence-corrected chi connectivity index (χ2v) is 3.44. The van der Waals surface area contributed by atoms with E-state index >= 15 is 0 Å². The molecule has 0 amide bonds. The SMILES string of the molecule is C=C/C=C(/OCC)C(=N)c1ccc(C)cc1. The van der Waals surface area contributed by atoms with Gasteiger partial charge in [-0.05, 0) is 19.9 Å². The lowest BCUT2D eigenvalue weighted by Crippen LogP contribution is -2.07. The van der Waals surface area contributed by atoms with Crippen LogP contribution >= 0.6 is 0 Å². The second kappa shape index (κ2) is 5.91. The molecule has 0 saturated heterocycles. The van der Waals surface area contributed by atoms with Crippen molar-refractivity contribution >= 4 is 5.71 Å². The number of ether oxygens (including phenoxy) is 1. The smallest absolute Gasteiger partial charge is 0.144 e. The van der Waals surface area contributed by atoms with Crippen LogP contribution in [-0.2, 0) is 4.74 Å². The van der Waals surface area contributed by atoms with Gasteiger partial charge in [0.15, 0.2) is 0 Å². The maximum Gasteiger partial charge on any atom is 0.144 e. The maximum atomic E-state index is 8.02. The summed E-state index contributed by atoms with van der Waals surface area (Å²) in [4.78, 5) is 0. The van der Waals surface area contributed by atoms with Crippen molar-refractivity contribution in [3.8, 4) is 0 Å². The van der Waals surface area contributed by atoms with E-state index in [4.69, 9.17) is 10.1 Å². The number of nitrogens with one attached hydrogen (secondary N) is 1. The molecule has 0 aliphatic heterocycles. The first-order valence-corrected chi connectivity index (χ1v) is 5.30. The first-order chi connectivity index (χ1) is 7.69. The topological polar surface area (TPSA) is 33.1 Å². The minimum absolute atomic E-state index is 0.391. The Labute approximate surface area is 96.8 Å². The van der Waals surface area contributed by atoms with E-state index in [1.165, 1.54) is 5.56 Å². The fourth-order valence-corrected chi connectivity index (χ4v) is 1.33. The maximum absolute atomic E-state index is 8.02. The molecular formula is C14H17NO. The predicted molar refractivity (Wildman–Crippen MR) is 67.9 cm³/mol. The summed E-state index contributed by atoms with van der Waals surface area (Å²) in [6.45, 7) is 8.10. The Kier molecular flexibility index (Phi) is 4.52. The Morgan fingerprint density at radius 1 is 1.38 bits per heavy atom. The first kappa shape index (κ1) is 12.2. The van der Waals surface area contributed by atoms with Crippen molar-refractivity contribution in [3.63, 3.8) is 0 Å². The predicted octanol–water partition coefficient (Wildman–Crippen LogP) is 3.47. The van der Waals surface area contributed by atoms with Crippen molar-refractivity contribution in [2.24, 2.45) is 0 Å². The van der Waals surface area contributed by atoms with Crippen LogP contribution in [0.4, 0.5) is 0 Å². The van der Waals surface area contributed by atoms with E-state index in [9.17, 15) is 0 Å². The Balaban J connectivity index is 2.94. The third kappa shape index (κ3) is 3.09. The van der Waals surface area contributed by atoms with E-state index in [1.54, 1.807) is 12.2 Å². The van der Waals surface area contributed by atoms with Gasteiger partial charge in [-0.1, -0.05) is 42.5 Å². The Hall–Kier alpha value is -1.83. The zero-order valence-corrected chi connectivity index (χ0v) is 9.79. The van der Waals surface area contributed by atoms with E-state index in [2.05, 4.69) is 6.58 Å². The standard InChI is InChI=1S/C14H17NO/c1-4-6-13(16-5-2)14(15)12-9-7-11(3)8-10-12/h4,6-10,15H,1,5H2,2-3H3/b13-6+,15-14?. The molecule has 0 radical (unpaired) electrons. The molecule has 2 heteroatoms. The third-order valence-corrected chi connectivity index (χ3v) is 2.16. The summed E-state index contributed by atoms with van der Waals surface area (Å²) in [5, 5.41) is 8.02. The summed E-state index contributed by atoms with van der Waals surface area (Å²) in [7, 11) is 0. The number of allylic oxidation sites excluding steroid dienone is 3. The van der Waals surface area contributed by atoms with Gasteiger partial charge in [0.2, 0.25) is 0 Å². The largest absolute Gasteiger partial charge is 0.492 e. The van der Waals surface area contributed by atoms with E-state index in [0.717, 1.165) is 5.56 Å². The van der Waals surface area contributed by atoms with Gasteiger partial charge < -0.3 is 4.74 Å². The van der Waals surface area contributed by atoms with Crippen molar-refractivity contribution in [2.45, 2.75) is 13.8 Å². The third-order valence-electron chi connectivity index (χ3n) is 2.16. The zero-order valence-electron chi connectivity index (χ0n) is 9.79. The molecule has 2 nitrogen and oxygen atoms in total. The van der Waals surface area contributed by atoms with Gasteiger partial charge >= 0.3 is 0 Å². The molecule has 1 aromatic carbocycles. The van der Waals surface area contributed by atoms with Gasteiger partial charge in [-0.15, -0.1) is 0 Å². The number of hydrogen-bond acceptors (Lipinski definition) is 2. The van der Waals surface area contributed by atoms with Gasteiger partial charge in [-0.2, -0.15) is 0 Å². The Morgan fingerprint density at radius 3 is 2.50 bits per heavy atom. The van der Waals surface area contributed by atoms with Crippen LogP contribution in [0.25, 0.3) is 0 Å². The highest BCUT2D eigenvalue weighted by atomic mass is 16.5. The number of benzene rings is 1. The summed E-state index contributed by atoms with van der Waals surface area (Å²) < 4.78 is 5.39. The fourth-order valence-electron chi connectivity index (χ4n) is 1.33. The van der Waals surface area contributed by atoms with Crippen LogP contribution in [0.2, 0.25) is 0 Å². The minimum Gasteiger partial charge on any atom is -0.492 e. The normalized spacial score (nSPS) is 11.0. The summed E-state index contributed by atoms with van der Waals surface area (Å²) in [5.74, 6) is 0.557. The molecule has 16 heavy (non-hydrogen) atoms. The van der Waals surface area contributed by atoms with Crippen LogP contribution in [0.5, 0.6) is 0 Å².